The largest absolute Gasteiger partial charge is 0.493 e. The van der Waals surface area contributed by atoms with Gasteiger partial charge < -0.3 is 24.4 Å². The van der Waals surface area contributed by atoms with E-state index in [1.807, 2.05) is 6.07 Å². The number of amides is 1. The Bertz CT molecular complexity index is 1580. The van der Waals surface area contributed by atoms with Gasteiger partial charge in [0.1, 0.15) is 29.7 Å². The summed E-state index contributed by atoms with van der Waals surface area (Å²) < 4.78 is 44.2. The van der Waals surface area contributed by atoms with E-state index in [1.165, 1.54) is 18.5 Å². The first-order valence-corrected chi connectivity index (χ1v) is 12.8. The van der Waals surface area contributed by atoms with Gasteiger partial charge in [-0.05, 0) is 42.5 Å². The first-order valence-electron chi connectivity index (χ1n) is 12.4. The minimum absolute atomic E-state index is 0.0846. The molecule has 1 fully saturated rings. The third kappa shape index (κ3) is 5.91. The van der Waals surface area contributed by atoms with Gasteiger partial charge in [-0.2, -0.15) is 0 Å². The number of likely N-dealkylation sites (tertiary alicyclic amines) is 1. The highest BCUT2D eigenvalue weighted by atomic mass is 35.5. The zero-order valence-electron chi connectivity index (χ0n) is 21.5. The predicted molar refractivity (Wildman–Crippen MR) is 148 cm³/mol. The summed E-state index contributed by atoms with van der Waals surface area (Å²) in [5, 5.41) is 4.18. The van der Waals surface area contributed by atoms with Crippen LogP contribution < -0.4 is 19.5 Å². The summed E-state index contributed by atoms with van der Waals surface area (Å²) in [5.74, 6) is -0.108. The van der Waals surface area contributed by atoms with Crippen LogP contribution in [0.3, 0.4) is 0 Å². The first-order chi connectivity index (χ1) is 19.3. The number of halogens is 3. The molecular formula is C29H25ClF2N4O4. The van der Waals surface area contributed by atoms with Crippen LogP contribution >= 0.6 is 11.6 Å². The number of carbonyl (C=O) groups is 1. The van der Waals surface area contributed by atoms with Crippen LogP contribution in [0.25, 0.3) is 10.9 Å². The maximum atomic E-state index is 13.5. The van der Waals surface area contributed by atoms with Crippen LogP contribution in [0.4, 0.5) is 20.3 Å². The summed E-state index contributed by atoms with van der Waals surface area (Å²) in [6.45, 7) is 4.71. The average molecular weight is 567 g/mol. The number of fused-ring (bicyclic) bond motifs is 1. The number of aromatic nitrogens is 2. The average Bonchev–Trinajstić information content (AvgIpc) is 2.96. The van der Waals surface area contributed by atoms with E-state index in [2.05, 4.69) is 21.9 Å². The number of anilines is 2. The van der Waals surface area contributed by atoms with E-state index in [9.17, 15) is 13.6 Å². The summed E-state index contributed by atoms with van der Waals surface area (Å²) in [6, 6.07) is 11.8. The molecule has 2 heterocycles. The van der Waals surface area contributed by atoms with Crippen molar-refractivity contribution in [2.75, 3.05) is 25.5 Å². The molecule has 40 heavy (non-hydrogen) atoms. The molecule has 0 spiro atoms. The van der Waals surface area contributed by atoms with E-state index in [0.717, 1.165) is 12.1 Å². The summed E-state index contributed by atoms with van der Waals surface area (Å²) in [6.07, 6.45) is 4.01. The molecule has 1 N–H and O–H groups in total. The van der Waals surface area contributed by atoms with Crippen LogP contribution in [-0.4, -0.2) is 47.1 Å². The number of hydrogen-bond acceptors (Lipinski definition) is 7. The zero-order chi connectivity index (χ0) is 28.2. The summed E-state index contributed by atoms with van der Waals surface area (Å²) in [4.78, 5) is 22.4. The number of ether oxygens (including phenoxy) is 3. The molecule has 1 aliphatic heterocycles. The number of nitrogens with zero attached hydrogens (tertiary/aromatic N) is 3. The van der Waals surface area contributed by atoms with Crippen molar-refractivity contribution in [3.8, 4) is 23.0 Å². The van der Waals surface area contributed by atoms with Gasteiger partial charge in [-0.15, -0.1) is 0 Å². The molecule has 0 atom stereocenters. The van der Waals surface area contributed by atoms with Crippen LogP contribution in [0.15, 0.2) is 67.5 Å². The number of methoxy groups -OCH3 is 1. The number of nitrogens with one attached hydrogen (secondary N) is 1. The Morgan fingerprint density at radius 3 is 2.55 bits per heavy atom. The van der Waals surface area contributed by atoms with Crippen molar-refractivity contribution in [3.05, 3.63) is 84.2 Å². The maximum absolute atomic E-state index is 13.5. The topological polar surface area (TPSA) is 85.8 Å². The van der Waals surface area contributed by atoms with Crippen molar-refractivity contribution >= 4 is 39.9 Å². The summed E-state index contributed by atoms with van der Waals surface area (Å²) in [5.41, 5.74) is 1.25. The summed E-state index contributed by atoms with van der Waals surface area (Å²) >= 11 is 6.42. The highest BCUT2D eigenvalue weighted by Crippen LogP contribution is 2.37. The van der Waals surface area contributed by atoms with Gasteiger partial charge in [0, 0.05) is 49.1 Å². The van der Waals surface area contributed by atoms with Gasteiger partial charge >= 0.3 is 0 Å². The molecule has 1 saturated heterocycles. The lowest BCUT2D eigenvalue weighted by atomic mass is 10.1. The second kappa shape index (κ2) is 11.7. The fourth-order valence-electron chi connectivity index (χ4n) is 4.38. The van der Waals surface area contributed by atoms with E-state index in [-0.39, 0.29) is 28.5 Å². The van der Waals surface area contributed by atoms with Gasteiger partial charge in [0.25, 0.3) is 0 Å². The van der Waals surface area contributed by atoms with Gasteiger partial charge in [0.2, 0.25) is 5.91 Å². The molecule has 0 bridgehead atoms. The Morgan fingerprint density at radius 1 is 1.05 bits per heavy atom. The number of rotatable bonds is 8. The van der Waals surface area contributed by atoms with E-state index in [0.29, 0.717) is 59.8 Å². The second-order valence-electron chi connectivity index (χ2n) is 9.04. The molecule has 0 aliphatic carbocycles. The zero-order valence-corrected chi connectivity index (χ0v) is 22.3. The Hall–Kier alpha value is -4.44. The van der Waals surface area contributed by atoms with E-state index < -0.39 is 11.6 Å². The molecule has 5 rings (SSSR count). The summed E-state index contributed by atoms with van der Waals surface area (Å²) in [7, 11) is 1.56. The quantitative estimate of drug-likeness (QED) is 0.239. The molecular weight excluding hydrogens is 542 g/mol. The minimum Gasteiger partial charge on any atom is -0.493 e. The Morgan fingerprint density at radius 2 is 1.85 bits per heavy atom. The molecule has 11 heteroatoms. The van der Waals surface area contributed by atoms with Crippen LogP contribution in [-0.2, 0) is 4.79 Å². The molecule has 3 aromatic carbocycles. The Balaban J connectivity index is 1.36. The standard InChI is InChI=1S/C29H25ClF2N4O4/c1-3-28(37)36-10-8-18(9-11-36)39-27-14-20-24(15-26(27)38-2)33-16-34-29(20)35-17-4-7-25(21(30)12-17)40-19-5-6-22(31)23(32)13-19/h3-7,12-16,18H,1,8-11H2,2H3,(H,33,34,35). The maximum Gasteiger partial charge on any atom is 0.245 e. The Labute approximate surface area is 234 Å². The molecule has 4 aromatic rings. The molecule has 206 valence electrons. The van der Waals surface area contributed by atoms with Crippen LogP contribution in [0.1, 0.15) is 12.8 Å². The molecule has 0 unspecified atom stereocenters. The van der Waals surface area contributed by atoms with Crippen molar-refractivity contribution in [1.82, 2.24) is 14.9 Å². The van der Waals surface area contributed by atoms with Crippen molar-refractivity contribution in [2.24, 2.45) is 0 Å². The molecule has 1 aliphatic rings. The lowest BCUT2D eigenvalue weighted by molar-refractivity contribution is -0.127. The molecule has 1 amide bonds. The highest BCUT2D eigenvalue weighted by molar-refractivity contribution is 6.32. The first kappa shape index (κ1) is 27.1. The number of piperidine rings is 1. The van der Waals surface area contributed by atoms with Gasteiger partial charge in [-0.1, -0.05) is 18.2 Å². The number of hydrogen-bond donors (Lipinski definition) is 1. The minimum atomic E-state index is -1.02. The molecule has 0 saturated carbocycles. The van der Waals surface area contributed by atoms with Gasteiger partial charge in [-0.3, -0.25) is 4.79 Å². The Kier molecular flexibility index (Phi) is 7.97. The van der Waals surface area contributed by atoms with Gasteiger partial charge in [-0.25, -0.2) is 18.7 Å². The lowest BCUT2D eigenvalue weighted by Gasteiger charge is -2.31. The fraction of sp³-hybridized carbons (Fsp3) is 0.207. The predicted octanol–water partition coefficient (Wildman–Crippen LogP) is 6.66. The molecule has 1 aromatic heterocycles. The SMILES string of the molecule is C=CC(=O)N1CCC(Oc2cc3c(Nc4ccc(Oc5ccc(F)c(F)c5)c(Cl)c4)ncnc3cc2OC)CC1. The van der Waals surface area contributed by atoms with Crippen molar-refractivity contribution in [2.45, 2.75) is 18.9 Å². The number of carbonyl (C=O) groups excluding carboxylic acids is 1. The van der Waals surface area contributed by atoms with Crippen molar-refractivity contribution in [3.63, 3.8) is 0 Å². The smallest absolute Gasteiger partial charge is 0.245 e. The molecule has 0 radical (unpaired) electrons. The second-order valence-corrected chi connectivity index (χ2v) is 9.44. The van der Waals surface area contributed by atoms with E-state index in [4.69, 9.17) is 25.8 Å². The normalized spacial score (nSPS) is 13.7. The van der Waals surface area contributed by atoms with Crippen LogP contribution in [0.2, 0.25) is 5.02 Å². The van der Waals surface area contributed by atoms with Crippen LogP contribution in [0.5, 0.6) is 23.0 Å². The van der Waals surface area contributed by atoms with Crippen molar-refractivity contribution in [1.29, 1.82) is 0 Å². The highest BCUT2D eigenvalue weighted by Gasteiger charge is 2.24. The third-order valence-electron chi connectivity index (χ3n) is 6.46. The number of benzene rings is 3. The van der Waals surface area contributed by atoms with Gasteiger partial charge in [0.05, 0.1) is 17.6 Å². The van der Waals surface area contributed by atoms with E-state index in [1.54, 1.807) is 36.3 Å². The third-order valence-corrected chi connectivity index (χ3v) is 6.75. The molecule has 8 nitrogen and oxygen atoms in total. The van der Waals surface area contributed by atoms with E-state index >= 15 is 0 Å². The fourth-order valence-corrected chi connectivity index (χ4v) is 4.60. The lowest BCUT2D eigenvalue weighted by Crippen LogP contribution is -2.41. The van der Waals surface area contributed by atoms with Crippen molar-refractivity contribution < 1.29 is 27.8 Å². The van der Waals surface area contributed by atoms with Gasteiger partial charge in [0.15, 0.2) is 23.1 Å². The van der Waals surface area contributed by atoms with Crippen LogP contribution in [0, 0.1) is 11.6 Å². The monoisotopic (exact) mass is 566 g/mol.